The molecule has 1 saturated heterocycles. The van der Waals surface area contributed by atoms with Crippen LogP contribution in [0.1, 0.15) is 26.7 Å². The van der Waals surface area contributed by atoms with E-state index in [1.807, 2.05) is 4.90 Å². The van der Waals surface area contributed by atoms with Crippen molar-refractivity contribution in [1.29, 1.82) is 0 Å². The first-order valence-corrected chi connectivity index (χ1v) is 5.70. The molecule has 1 aliphatic heterocycles. The molecule has 88 valence electrons. The number of amides is 1. The van der Waals surface area contributed by atoms with Gasteiger partial charge in [0.15, 0.2) is 0 Å². The first kappa shape index (κ1) is 12.5. The number of carbonyl (C=O) groups excluding carboxylic acids is 1. The van der Waals surface area contributed by atoms with Crippen LogP contribution in [-0.4, -0.2) is 43.8 Å². The number of carbonyl (C=O) groups is 1. The Kier molecular flexibility index (Phi) is 5.05. The third-order valence-electron chi connectivity index (χ3n) is 2.70. The minimum atomic E-state index is 0.0461. The van der Waals surface area contributed by atoms with E-state index in [9.17, 15) is 4.79 Å². The summed E-state index contributed by atoms with van der Waals surface area (Å²) >= 11 is 0. The second-order valence-electron chi connectivity index (χ2n) is 4.32. The molecule has 15 heavy (non-hydrogen) atoms. The molecule has 0 spiro atoms. The lowest BCUT2D eigenvalue weighted by atomic mass is 10.1. The Morgan fingerprint density at radius 2 is 2.40 bits per heavy atom. The third kappa shape index (κ3) is 3.47. The average molecular weight is 214 g/mol. The third-order valence-corrected chi connectivity index (χ3v) is 2.70. The Morgan fingerprint density at radius 3 is 3.00 bits per heavy atom. The Labute approximate surface area is 92.0 Å². The maximum atomic E-state index is 11.9. The zero-order valence-corrected chi connectivity index (χ0v) is 9.95. The summed E-state index contributed by atoms with van der Waals surface area (Å²) in [4.78, 5) is 13.8. The topological polar surface area (TPSA) is 41.6 Å². The van der Waals surface area contributed by atoms with Crippen LogP contribution in [0.25, 0.3) is 0 Å². The van der Waals surface area contributed by atoms with Crippen LogP contribution in [0.3, 0.4) is 0 Å². The van der Waals surface area contributed by atoms with Crippen LogP contribution in [-0.2, 0) is 9.53 Å². The second-order valence-corrected chi connectivity index (χ2v) is 4.32. The van der Waals surface area contributed by atoms with E-state index in [0.717, 1.165) is 19.4 Å². The van der Waals surface area contributed by atoms with E-state index in [2.05, 4.69) is 19.2 Å². The molecule has 0 bridgehead atoms. The van der Waals surface area contributed by atoms with Gasteiger partial charge in [-0.25, -0.2) is 0 Å². The molecule has 1 aliphatic rings. The molecule has 1 N–H and O–H groups in total. The molecule has 4 nitrogen and oxygen atoms in total. The summed E-state index contributed by atoms with van der Waals surface area (Å²) in [6.07, 6.45) is 1.98. The monoisotopic (exact) mass is 214 g/mol. The molecular weight excluding hydrogens is 192 g/mol. The van der Waals surface area contributed by atoms with Gasteiger partial charge in [-0.05, 0) is 12.3 Å². The fraction of sp³-hybridized carbons (Fsp3) is 0.909. The molecule has 0 aromatic heterocycles. The van der Waals surface area contributed by atoms with Gasteiger partial charge in [-0.1, -0.05) is 20.3 Å². The average Bonchev–Trinajstić information content (AvgIpc) is 2.51. The fourth-order valence-corrected chi connectivity index (χ4v) is 1.99. The van der Waals surface area contributed by atoms with Crippen LogP contribution in [0.15, 0.2) is 0 Å². The molecule has 0 aliphatic carbocycles. The molecule has 0 aromatic rings. The summed E-state index contributed by atoms with van der Waals surface area (Å²) in [6.45, 7) is 6.40. The minimum Gasteiger partial charge on any atom is -0.384 e. The van der Waals surface area contributed by atoms with E-state index in [1.54, 1.807) is 7.11 Å². The van der Waals surface area contributed by atoms with E-state index in [-0.39, 0.29) is 11.9 Å². The SMILES string of the molecule is CCCC1NCN(CC(C)COC)C1=O. The van der Waals surface area contributed by atoms with Gasteiger partial charge in [-0.2, -0.15) is 0 Å². The standard InChI is InChI=1S/C11H22N2O2/c1-4-5-10-11(14)13(8-12-10)6-9(2)7-15-3/h9-10,12H,4-8H2,1-3H3. The Bertz CT molecular complexity index is 209. The lowest BCUT2D eigenvalue weighted by Gasteiger charge is -2.19. The van der Waals surface area contributed by atoms with E-state index in [1.165, 1.54) is 0 Å². The quantitative estimate of drug-likeness (QED) is 0.712. The number of methoxy groups -OCH3 is 1. The van der Waals surface area contributed by atoms with Crippen LogP contribution in [0.4, 0.5) is 0 Å². The van der Waals surface area contributed by atoms with Gasteiger partial charge in [-0.15, -0.1) is 0 Å². The highest BCUT2D eigenvalue weighted by Gasteiger charge is 2.30. The van der Waals surface area contributed by atoms with Crippen molar-refractivity contribution in [2.45, 2.75) is 32.7 Å². The largest absolute Gasteiger partial charge is 0.384 e. The Morgan fingerprint density at radius 1 is 1.67 bits per heavy atom. The van der Waals surface area contributed by atoms with Crippen molar-refractivity contribution < 1.29 is 9.53 Å². The highest BCUT2D eigenvalue weighted by molar-refractivity contribution is 5.83. The molecule has 1 heterocycles. The predicted molar refractivity (Wildman–Crippen MR) is 59.5 cm³/mol. The number of nitrogens with one attached hydrogen (secondary N) is 1. The van der Waals surface area contributed by atoms with Crippen LogP contribution in [0.2, 0.25) is 0 Å². The molecule has 1 fully saturated rings. The second kappa shape index (κ2) is 6.08. The van der Waals surface area contributed by atoms with E-state index >= 15 is 0 Å². The molecule has 0 aromatic carbocycles. The molecule has 0 saturated carbocycles. The summed E-state index contributed by atoms with van der Waals surface area (Å²) in [5, 5.41) is 3.24. The normalized spacial score (nSPS) is 23.5. The molecule has 2 unspecified atom stereocenters. The number of rotatable bonds is 6. The van der Waals surface area contributed by atoms with Crippen molar-refractivity contribution in [2.24, 2.45) is 5.92 Å². The van der Waals surface area contributed by atoms with Crippen molar-refractivity contribution in [2.75, 3.05) is 26.9 Å². The summed E-state index contributed by atoms with van der Waals surface area (Å²) in [7, 11) is 1.69. The van der Waals surface area contributed by atoms with Crippen molar-refractivity contribution in [1.82, 2.24) is 10.2 Å². The van der Waals surface area contributed by atoms with E-state index in [4.69, 9.17) is 4.74 Å². The lowest BCUT2D eigenvalue weighted by molar-refractivity contribution is -0.129. The maximum Gasteiger partial charge on any atom is 0.240 e. The van der Waals surface area contributed by atoms with Gasteiger partial charge in [0.2, 0.25) is 5.91 Å². The maximum absolute atomic E-state index is 11.9. The highest BCUT2D eigenvalue weighted by atomic mass is 16.5. The van der Waals surface area contributed by atoms with Crippen LogP contribution in [0.5, 0.6) is 0 Å². The number of nitrogens with zero attached hydrogens (tertiary/aromatic N) is 1. The van der Waals surface area contributed by atoms with Gasteiger partial charge in [0.25, 0.3) is 0 Å². The van der Waals surface area contributed by atoms with Crippen LogP contribution >= 0.6 is 0 Å². The lowest BCUT2D eigenvalue weighted by Crippen LogP contribution is -2.34. The van der Waals surface area contributed by atoms with Crippen LogP contribution < -0.4 is 5.32 Å². The summed E-state index contributed by atoms with van der Waals surface area (Å²) < 4.78 is 5.07. The Hall–Kier alpha value is -0.610. The van der Waals surface area contributed by atoms with Crippen molar-refractivity contribution in [3.05, 3.63) is 0 Å². The first-order valence-electron chi connectivity index (χ1n) is 5.70. The van der Waals surface area contributed by atoms with Crippen molar-refractivity contribution in [3.63, 3.8) is 0 Å². The highest BCUT2D eigenvalue weighted by Crippen LogP contribution is 2.11. The molecule has 1 amide bonds. The number of ether oxygens (including phenoxy) is 1. The summed E-state index contributed by atoms with van der Waals surface area (Å²) in [5.74, 6) is 0.654. The smallest absolute Gasteiger partial charge is 0.240 e. The van der Waals surface area contributed by atoms with Gasteiger partial charge >= 0.3 is 0 Å². The zero-order valence-electron chi connectivity index (χ0n) is 9.95. The Balaban J connectivity index is 2.35. The summed E-state index contributed by atoms with van der Waals surface area (Å²) in [5.41, 5.74) is 0. The predicted octanol–water partition coefficient (Wildman–Crippen LogP) is 0.827. The van der Waals surface area contributed by atoms with Gasteiger partial charge in [0.1, 0.15) is 0 Å². The molecular formula is C11H22N2O2. The van der Waals surface area contributed by atoms with Crippen molar-refractivity contribution in [3.8, 4) is 0 Å². The van der Waals surface area contributed by atoms with Gasteiger partial charge in [0.05, 0.1) is 19.3 Å². The van der Waals surface area contributed by atoms with Gasteiger partial charge in [0, 0.05) is 13.7 Å². The van der Waals surface area contributed by atoms with E-state index in [0.29, 0.717) is 19.2 Å². The summed E-state index contributed by atoms with van der Waals surface area (Å²) in [6, 6.07) is 0.0461. The fourth-order valence-electron chi connectivity index (χ4n) is 1.99. The van der Waals surface area contributed by atoms with E-state index < -0.39 is 0 Å². The molecule has 1 rings (SSSR count). The molecule has 0 radical (unpaired) electrons. The zero-order chi connectivity index (χ0) is 11.3. The molecule has 2 atom stereocenters. The van der Waals surface area contributed by atoms with Gasteiger partial charge < -0.3 is 9.64 Å². The van der Waals surface area contributed by atoms with Gasteiger partial charge in [-0.3, -0.25) is 10.1 Å². The van der Waals surface area contributed by atoms with Crippen molar-refractivity contribution >= 4 is 5.91 Å². The number of hydrogen-bond donors (Lipinski definition) is 1. The number of hydrogen-bond acceptors (Lipinski definition) is 3. The first-order chi connectivity index (χ1) is 7.19. The van der Waals surface area contributed by atoms with Crippen LogP contribution in [0, 0.1) is 5.92 Å². The molecule has 4 heteroatoms. The minimum absolute atomic E-state index is 0.0461.